The standard InChI is InChI=1S/C10H23NO/c1-8(2)11(12,9(3)4)10(5,6)7/h8-9H,1-7H3. The maximum Gasteiger partial charge on any atom is 0.0908 e. The monoisotopic (exact) mass is 173 g/mol. The van der Waals surface area contributed by atoms with Gasteiger partial charge in [-0.2, -0.15) is 0 Å². The van der Waals surface area contributed by atoms with Gasteiger partial charge < -0.3 is 9.85 Å². The quantitative estimate of drug-likeness (QED) is 0.465. The van der Waals surface area contributed by atoms with Gasteiger partial charge in [0.25, 0.3) is 0 Å². The van der Waals surface area contributed by atoms with Crippen LogP contribution >= 0.6 is 0 Å². The fraction of sp³-hybridized carbons (Fsp3) is 1.00. The van der Waals surface area contributed by atoms with Gasteiger partial charge in [0.1, 0.15) is 0 Å². The van der Waals surface area contributed by atoms with Crippen molar-refractivity contribution in [3.63, 3.8) is 0 Å². The number of nitrogens with zero attached hydrogens (tertiary/aromatic N) is 1. The summed E-state index contributed by atoms with van der Waals surface area (Å²) in [4.78, 5) is 0. The van der Waals surface area contributed by atoms with Gasteiger partial charge in [0, 0.05) is 0 Å². The molecular formula is C10H23NO. The molecule has 0 aliphatic rings. The zero-order valence-corrected chi connectivity index (χ0v) is 9.51. The second-order valence-corrected chi connectivity index (χ2v) is 5.07. The van der Waals surface area contributed by atoms with E-state index in [1.54, 1.807) is 0 Å². The average Bonchev–Trinajstić information content (AvgIpc) is 1.82. The van der Waals surface area contributed by atoms with Crippen molar-refractivity contribution >= 4 is 0 Å². The smallest absolute Gasteiger partial charge is 0.0908 e. The lowest BCUT2D eigenvalue weighted by atomic mass is 10.00. The summed E-state index contributed by atoms with van der Waals surface area (Å²) < 4.78 is -0.118. The molecule has 2 heteroatoms. The molecule has 74 valence electrons. The van der Waals surface area contributed by atoms with Crippen LogP contribution in [0.4, 0.5) is 0 Å². The van der Waals surface area contributed by atoms with E-state index in [4.69, 9.17) is 0 Å². The van der Waals surface area contributed by atoms with Crippen molar-refractivity contribution in [1.82, 2.24) is 0 Å². The van der Waals surface area contributed by atoms with Gasteiger partial charge in [-0.15, -0.1) is 0 Å². The van der Waals surface area contributed by atoms with Crippen LogP contribution in [0.5, 0.6) is 0 Å². The van der Waals surface area contributed by atoms with Crippen molar-refractivity contribution in [1.29, 1.82) is 0 Å². The molecule has 0 N–H and O–H groups in total. The van der Waals surface area contributed by atoms with Crippen LogP contribution < -0.4 is 0 Å². The highest BCUT2D eigenvalue weighted by Gasteiger charge is 2.37. The van der Waals surface area contributed by atoms with Gasteiger partial charge in [-0.3, -0.25) is 0 Å². The normalized spacial score (nSPS) is 14.5. The molecule has 0 radical (unpaired) electrons. The molecule has 0 amide bonds. The minimum absolute atomic E-state index is 0.118. The number of rotatable bonds is 2. The van der Waals surface area contributed by atoms with E-state index in [0.717, 1.165) is 0 Å². The number of hydrogen-bond acceptors (Lipinski definition) is 1. The first-order valence-corrected chi connectivity index (χ1v) is 4.73. The fourth-order valence-corrected chi connectivity index (χ4v) is 2.15. The number of hydroxylamine groups is 3. The third-order valence-electron chi connectivity index (χ3n) is 2.58. The van der Waals surface area contributed by atoms with E-state index in [1.807, 2.05) is 48.5 Å². The van der Waals surface area contributed by atoms with Gasteiger partial charge in [0.15, 0.2) is 0 Å². The summed E-state index contributed by atoms with van der Waals surface area (Å²) in [5, 5.41) is 12.5. The van der Waals surface area contributed by atoms with Crippen molar-refractivity contribution in [3.8, 4) is 0 Å². The first-order chi connectivity index (χ1) is 5.14. The minimum Gasteiger partial charge on any atom is -0.632 e. The third kappa shape index (κ3) is 1.80. The predicted octanol–water partition coefficient (Wildman–Crippen LogP) is 2.92. The molecule has 0 spiro atoms. The van der Waals surface area contributed by atoms with Gasteiger partial charge >= 0.3 is 0 Å². The van der Waals surface area contributed by atoms with Crippen LogP contribution in [0, 0.1) is 5.21 Å². The first kappa shape index (κ1) is 11.9. The summed E-state index contributed by atoms with van der Waals surface area (Å²) in [5.41, 5.74) is -0.220. The van der Waals surface area contributed by atoms with Crippen molar-refractivity contribution < 1.29 is 4.65 Å². The molecule has 0 aromatic rings. The zero-order valence-electron chi connectivity index (χ0n) is 9.51. The maximum absolute atomic E-state index is 12.5. The molecule has 0 aromatic carbocycles. The lowest BCUT2D eigenvalue weighted by molar-refractivity contribution is -0.964. The molecule has 0 bridgehead atoms. The topological polar surface area (TPSA) is 23.1 Å². The summed E-state index contributed by atoms with van der Waals surface area (Å²) in [7, 11) is 0. The van der Waals surface area contributed by atoms with Crippen LogP contribution in [0.3, 0.4) is 0 Å². The Bertz CT molecular complexity index is 136. The molecule has 0 aliphatic carbocycles. The Labute approximate surface area is 76.7 Å². The molecule has 0 atom stereocenters. The van der Waals surface area contributed by atoms with E-state index in [2.05, 4.69) is 0 Å². The molecule has 0 heterocycles. The summed E-state index contributed by atoms with van der Waals surface area (Å²) in [6.07, 6.45) is 0. The molecule has 0 saturated carbocycles. The second kappa shape index (κ2) is 3.35. The largest absolute Gasteiger partial charge is 0.632 e. The SMILES string of the molecule is CC(C)[N+]([O-])(C(C)C)C(C)(C)C. The van der Waals surface area contributed by atoms with Crippen LogP contribution in [-0.2, 0) is 0 Å². The van der Waals surface area contributed by atoms with Gasteiger partial charge in [-0.05, 0) is 48.5 Å². The molecule has 0 aromatic heterocycles. The summed E-state index contributed by atoms with van der Waals surface area (Å²) >= 11 is 0. The first-order valence-electron chi connectivity index (χ1n) is 4.73. The molecule has 0 aliphatic heterocycles. The Kier molecular flexibility index (Phi) is 3.32. The Hall–Kier alpha value is -0.0800. The van der Waals surface area contributed by atoms with Crippen molar-refractivity contribution in [2.75, 3.05) is 0 Å². The van der Waals surface area contributed by atoms with Gasteiger partial charge in [-0.1, -0.05) is 0 Å². The van der Waals surface area contributed by atoms with Crippen LogP contribution in [0.1, 0.15) is 48.5 Å². The molecular weight excluding hydrogens is 150 g/mol. The minimum atomic E-state index is -0.220. The zero-order chi connectivity index (χ0) is 10.2. The van der Waals surface area contributed by atoms with Crippen molar-refractivity contribution in [2.24, 2.45) is 0 Å². The second-order valence-electron chi connectivity index (χ2n) is 5.07. The Morgan fingerprint density at radius 3 is 1.17 bits per heavy atom. The molecule has 12 heavy (non-hydrogen) atoms. The van der Waals surface area contributed by atoms with Crippen LogP contribution in [0.15, 0.2) is 0 Å². The van der Waals surface area contributed by atoms with E-state index < -0.39 is 0 Å². The Balaban J connectivity index is 4.89. The Morgan fingerprint density at radius 2 is 1.17 bits per heavy atom. The fourth-order valence-electron chi connectivity index (χ4n) is 2.15. The maximum atomic E-state index is 12.5. The lowest BCUT2D eigenvalue weighted by Gasteiger charge is -2.58. The highest BCUT2D eigenvalue weighted by atomic mass is 16.6. The average molecular weight is 173 g/mol. The van der Waals surface area contributed by atoms with Gasteiger partial charge in [0.05, 0.1) is 17.6 Å². The van der Waals surface area contributed by atoms with Crippen LogP contribution in [-0.4, -0.2) is 22.3 Å². The van der Waals surface area contributed by atoms with E-state index in [0.29, 0.717) is 0 Å². The molecule has 0 unspecified atom stereocenters. The Morgan fingerprint density at radius 1 is 0.917 bits per heavy atom. The number of quaternary nitrogens is 1. The molecule has 2 nitrogen and oxygen atoms in total. The van der Waals surface area contributed by atoms with Crippen LogP contribution in [0.25, 0.3) is 0 Å². The van der Waals surface area contributed by atoms with Gasteiger partial charge in [0.2, 0.25) is 0 Å². The van der Waals surface area contributed by atoms with E-state index in [-0.39, 0.29) is 22.3 Å². The van der Waals surface area contributed by atoms with E-state index in [9.17, 15) is 5.21 Å². The van der Waals surface area contributed by atoms with Gasteiger partial charge in [-0.25, -0.2) is 0 Å². The lowest BCUT2D eigenvalue weighted by Crippen LogP contribution is -2.63. The van der Waals surface area contributed by atoms with E-state index >= 15 is 0 Å². The summed E-state index contributed by atoms with van der Waals surface area (Å²) in [5.74, 6) is 0. The highest BCUT2D eigenvalue weighted by molar-refractivity contribution is 4.69. The number of hydrogen-bond donors (Lipinski definition) is 0. The van der Waals surface area contributed by atoms with Crippen molar-refractivity contribution in [2.45, 2.75) is 66.1 Å². The predicted molar refractivity (Wildman–Crippen MR) is 53.7 cm³/mol. The van der Waals surface area contributed by atoms with E-state index in [1.165, 1.54) is 0 Å². The summed E-state index contributed by atoms with van der Waals surface area (Å²) in [6, 6.07) is 0.259. The third-order valence-corrected chi connectivity index (χ3v) is 2.58. The molecule has 0 fully saturated rings. The molecule has 0 saturated heterocycles. The summed E-state index contributed by atoms with van der Waals surface area (Å²) in [6.45, 7) is 14.0. The van der Waals surface area contributed by atoms with Crippen molar-refractivity contribution in [3.05, 3.63) is 5.21 Å². The van der Waals surface area contributed by atoms with Crippen LogP contribution in [0.2, 0.25) is 0 Å². The molecule has 0 rings (SSSR count). The highest BCUT2D eigenvalue weighted by Crippen LogP contribution is 2.30.